The van der Waals surface area contributed by atoms with Crippen molar-refractivity contribution in [3.05, 3.63) is 59.4 Å². The van der Waals surface area contributed by atoms with E-state index in [0.29, 0.717) is 18.7 Å². The second-order valence-electron chi connectivity index (χ2n) is 4.84. The summed E-state index contributed by atoms with van der Waals surface area (Å²) in [6, 6.07) is 12.1. The highest BCUT2D eigenvalue weighted by atomic mass is 35.5. The Morgan fingerprint density at radius 3 is 2.45 bits per heavy atom. The van der Waals surface area contributed by atoms with Gasteiger partial charge < -0.3 is 0 Å². The van der Waals surface area contributed by atoms with Crippen molar-refractivity contribution in [1.29, 1.82) is 0 Å². The van der Waals surface area contributed by atoms with E-state index in [2.05, 4.69) is 0 Å². The second kappa shape index (κ2) is 7.11. The summed E-state index contributed by atoms with van der Waals surface area (Å²) in [5.41, 5.74) is 0.538. The number of hydrogen-bond donors (Lipinski definition) is 0. The van der Waals surface area contributed by atoms with Crippen LogP contribution in [0.4, 0.5) is 10.1 Å². The van der Waals surface area contributed by atoms with Gasteiger partial charge in [0.15, 0.2) is 0 Å². The number of hydrogen-bond acceptors (Lipinski definition) is 2. The fraction of sp³-hybridized carbons (Fsp3) is 0.250. The molecule has 0 aliphatic heterocycles. The number of rotatable bonds is 6. The fourth-order valence-corrected chi connectivity index (χ4v) is 4.07. The number of anilines is 1. The summed E-state index contributed by atoms with van der Waals surface area (Å²) in [5.74, 6) is -0.633. The van der Waals surface area contributed by atoms with Gasteiger partial charge in [0.25, 0.3) is 10.0 Å². The molecule has 0 unspecified atom stereocenters. The number of halogens is 2. The van der Waals surface area contributed by atoms with Crippen molar-refractivity contribution in [2.75, 3.05) is 10.8 Å². The summed E-state index contributed by atoms with van der Waals surface area (Å²) < 4.78 is 40.5. The lowest BCUT2D eigenvalue weighted by Gasteiger charge is -2.25. The molecule has 0 aromatic heterocycles. The minimum absolute atomic E-state index is 0.0128. The maximum absolute atomic E-state index is 13.5. The minimum Gasteiger partial charge on any atom is -0.266 e. The molecule has 0 fully saturated rings. The van der Waals surface area contributed by atoms with Crippen LogP contribution in [0.25, 0.3) is 0 Å². The minimum atomic E-state index is -3.92. The Labute approximate surface area is 135 Å². The quantitative estimate of drug-likeness (QED) is 0.777. The first-order valence-corrected chi connectivity index (χ1v) is 8.81. The molecule has 3 nitrogen and oxygen atoms in total. The number of sulfonamides is 1. The van der Waals surface area contributed by atoms with Crippen LogP contribution in [0.2, 0.25) is 5.02 Å². The van der Waals surface area contributed by atoms with Gasteiger partial charge in [0.05, 0.1) is 10.7 Å². The summed E-state index contributed by atoms with van der Waals surface area (Å²) in [5, 5.41) is 0.0128. The molecule has 2 rings (SSSR count). The van der Waals surface area contributed by atoms with Gasteiger partial charge in [-0.05, 0) is 36.8 Å². The van der Waals surface area contributed by atoms with E-state index in [1.165, 1.54) is 10.4 Å². The largest absolute Gasteiger partial charge is 0.266 e. The number of para-hydroxylation sites is 1. The predicted octanol–water partition coefficient (Wildman–Crippen LogP) is 4.47. The summed E-state index contributed by atoms with van der Waals surface area (Å²) in [6.07, 6.45) is 1.54. The first-order chi connectivity index (χ1) is 10.5. The Morgan fingerprint density at radius 1 is 1.14 bits per heavy atom. The number of benzene rings is 2. The van der Waals surface area contributed by atoms with E-state index >= 15 is 0 Å². The van der Waals surface area contributed by atoms with Crippen LogP contribution in [-0.2, 0) is 10.0 Å². The van der Waals surface area contributed by atoms with Gasteiger partial charge in [-0.1, -0.05) is 43.1 Å². The van der Waals surface area contributed by atoms with Crippen LogP contribution >= 0.6 is 11.6 Å². The molecule has 0 N–H and O–H groups in total. The molecular formula is C16H17ClFNO2S. The molecule has 2 aromatic rings. The number of nitrogens with zero attached hydrogens (tertiary/aromatic N) is 1. The van der Waals surface area contributed by atoms with Crippen molar-refractivity contribution in [2.24, 2.45) is 0 Å². The van der Waals surface area contributed by atoms with Crippen LogP contribution in [0, 0.1) is 5.82 Å². The van der Waals surface area contributed by atoms with Gasteiger partial charge in [0.1, 0.15) is 10.7 Å². The van der Waals surface area contributed by atoms with E-state index in [-0.39, 0.29) is 9.92 Å². The lowest BCUT2D eigenvalue weighted by molar-refractivity contribution is 0.584. The molecule has 6 heteroatoms. The SMILES string of the molecule is CCCCN(c1ccccc1)S(=O)(=O)c1cc(F)ccc1Cl. The molecule has 2 aromatic carbocycles. The van der Waals surface area contributed by atoms with Crippen LogP contribution < -0.4 is 4.31 Å². The first-order valence-electron chi connectivity index (χ1n) is 6.99. The predicted molar refractivity (Wildman–Crippen MR) is 87.3 cm³/mol. The van der Waals surface area contributed by atoms with Crippen molar-refractivity contribution < 1.29 is 12.8 Å². The van der Waals surface area contributed by atoms with Crippen molar-refractivity contribution in [1.82, 2.24) is 0 Å². The van der Waals surface area contributed by atoms with Gasteiger partial charge in [-0.15, -0.1) is 0 Å². The summed E-state index contributed by atoms with van der Waals surface area (Å²) >= 11 is 5.97. The average Bonchev–Trinajstić information content (AvgIpc) is 2.51. The molecule has 0 atom stereocenters. The van der Waals surface area contributed by atoms with Crippen molar-refractivity contribution >= 4 is 27.3 Å². The molecule has 0 aliphatic rings. The highest BCUT2D eigenvalue weighted by Gasteiger charge is 2.27. The molecular weight excluding hydrogens is 325 g/mol. The topological polar surface area (TPSA) is 37.4 Å². The fourth-order valence-electron chi connectivity index (χ4n) is 2.08. The molecule has 0 bridgehead atoms. The Morgan fingerprint density at radius 2 is 1.82 bits per heavy atom. The Bertz CT molecular complexity index is 735. The summed E-state index contributed by atoms with van der Waals surface area (Å²) in [4.78, 5) is -0.214. The zero-order valence-electron chi connectivity index (χ0n) is 12.2. The van der Waals surface area contributed by atoms with E-state index in [9.17, 15) is 12.8 Å². The molecule has 0 amide bonds. The molecule has 0 spiro atoms. The van der Waals surface area contributed by atoms with E-state index in [4.69, 9.17) is 11.6 Å². The molecule has 22 heavy (non-hydrogen) atoms. The Balaban J connectivity index is 2.52. The van der Waals surface area contributed by atoms with Crippen molar-refractivity contribution in [3.63, 3.8) is 0 Å². The van der Waals surface area contributed by atoms with Gasteiger partial charge in [-0.2, -0.15) is 0 Å². The third kappa shape index (κ3) is 3.59. The third-order valence-corrected chi connectivity index (χ3v) is 5.53. The normalized spacial score (nSPS) is 11.4. The van der Waals surface area contributed by atoms with Crippen LogP contribution in [0.15, 0.2) is 53.4 Å². The second-order valence-corrected chi connectivity index (χ2v) is 7.08. The van der Waals surface area contributed by atoms with Gasteiger partial charge in [0.2, 0.25) is 0 Å². The van der Waals surface area contributed by atoms with Gasteiger partial charge in [-0.25, -0.2) is 12.8 Å². The molecule has 0 heterocycles. The maximum Gasteiger partial charge on any atom is 0.265 e. The summed E-state index contributed by atoms with van der Waals surface area (Å²) in [7, 11) is -3.92. The highest BCUT2D eigenvalue weighted by Crippen LogP contribution is 2.29. The lowest BCUT2D eigenvalue weighted by atomic mass is 10.3. The van der Waals surface area contributed by atoms with E-state index in [1.54, 1.807) is 24.3 Å². The van der Waals surface area contributed by atoms with Gasteiger partial charge in [0, 0.05) is 6.54 Å². The zero-order valence-corrected chi connectivity index (χ0v) is 13.7. The first kappa shape index (κ1) is 16.8. The average molecular weight is 342 g/mol. The molecule has 0 saturated carbocycles. The van der Waals surface area contributed by atoms with Crippen LogP contribution in [0.5, 0.6) is 0 Å². The standard InChI is InChI=1S/C16H17ClFNO2S/c1-2-3-11-19(14-7-5-4-6-8-14)22(20,21)16-12-13(18)9-10-15(16)17/h4-10,12H,2-3,11H2,1H3. The maximum atomic E-state index is 13.5. The zero-order chi connectivity index (χ0) is 16.2. The van der Waals surface area contributed by atoms with Crippen LogP contribution in [0.3, 0.4) is 0 Å². The lowest BCUT2D eigenvalue weighted by Crippen LogP contribution is -2.32. The molecule has 0 radical (unpaired) electrons. The molecule has 118 valence electrons. The van der Waals surface area contributed by atoms with E-state index in [1.807, 2.05) is 13.0 Å². The van der Waals surface area contributed by atoms with Crippen molar-refractivity contribution in [3.8, 4) is 0 Å². The van der Waals surface area contributed by atoms with Gasteiger partial charge in [-0.3, -0.25) is 4.31 Å². The molecule has 0 aliphatic carbocycles. The smallest absolute Gasteiger partial charge is 0.265 e. The van der Waals surface area contributed by atoms with Crippen LogP contribution in [-0.4, -0.2) is 15.0 Å². The van der Waals surface area contributed by atoms with Crippen molar-refractivity contribution in [2.45, 2.75) is 24.7 Å². The monoisotopic (exact) mass is 341 g/mol. The van der Waals surface area contributed by atoms with Gasteiger partial charge >= 0.3 is 0 Å². The highest BCUT2D eigenvalue weighted by molar-refractivity contribution is 7.93. The Kier molecular flexibility index (Phi) is 5.42. The summed E-state index contributed by atoms with van der Waals surface area (Å²) in [6.45, 7) is 2.29. The molecule has 0 saturated heterocycles. The van der Waals surface area contributed by atoms with E-state index in [0.717, 1.165) is 18.6 Å². The third-order valence-electron chi connectivity index (χ3n) is 3.22. The Hall–Kier alpha value is -1.59. The van der Waals surface area contributed by atoms with Crippen LogP contribution in [0.1, 0.15) is 19.8 Å². The van der Waals surface area contributed by atoms with E-state index < -0.39 is 15.8 Å². The number of unbranched alkanes of at least 4 members (excludes halogenated alkanes) is 1.